The van der Waals surface area contributed by atoms with E-state index < -0.39 is 0 Å². The van der Waals surface area contributed by atoms with E-state index in [-0.39, 0.29) is 10.9 Å². The topological polar surface area (TPSA) is 0 Å². The molecule has 1 saturated heterocycles. The first-order chi connectivity index (χ1) is 9.43. The van der Waals surface area contributed by atoms with Gasteiger partial charge in [0.2, 0.25) is 0 Å². The molecular formula is C18H20S. The van der Waals surface area contributed by atoms with Crippen molar-refractivity contribution in [1.29, 1.82) is 0 Å². The Balaban J connectivity index is 2.01. The summed E-state index contributed by atoms with van der Waals surface area (Å²) in [6, 6.07) is 21.6. The molecule has 1 heterocycles. The van der Waals surface area contributed by atoms with Crippen molar-refractivity contribution in [3.8, 4) is 0 Å². The molecule has 0 aromatic heterocycles. The van der Waals surface area contributed by atoms with Gasteiger partial charge in [-0.05, 0) is 46.5 Å². The van der Waals surface area contributed by atoms with Crippen LogP contribution in [0.2, 0.25) is 0 Å². The van der Waals surface area contributed by atoms with E-state index in [1.807, 2.05) is 0 Å². The van der Waals surface area contributed by atoms with Crippen molar-refractivity contribution in [3.05, 3.63) is 77.2 Å². The quantitative estimate of drug-likeness (QED) is 0.754. The summed E-state index contributed by atoms with van der Waals surface area (Å²) in [6.45, 7) is 0. The highest BCUT2D eigenvalue weighted by atomic mass is 32.2. The minimum absolute atomic E-state index is 0.106. The first-order valence-corrected chi connectivity index (χ1v) is 8.78. The third-order valence-electron chi connectivity index (χ3n) is 3.62. The molecule has 0 radical (unpaired) electrons. The number of thiol groups is 1. The van der Waals surface area contributed by atoms with Crippen LogP contribution < -0.4 is 0 Å². The maximum atomic E-state index is 2.56. The standard InChI is InChI=1S/C18H20S/c1-3-9-16(10-4-1)18(15-19-13-7-8-14-19)17-11-5-2-6-12-17/h1-6,9-12,15,19H,7-8,13-14H2. The summed E-state index contributed by atoms with van der Waals surface area (Å²) in [5, 5.41) is 2.56. The lowest BCUT2D eigenvalue weighted by molar-refractivity contribution is 0.949. The summed E-state index contributed by atoms with van der Waals surface area (Å²) in [7, 11) is 0.106. The van der Waals surface area contributed by atoms with Gasteiger partial charge in [-0.15, -0.1) is 0 Å². The lowest BCUT2D eigenvalue weighted by atomic mass is 10.00. The summed E-state index contributed by atoms with van der Waals surface area (Å²) >= 11 is 0. The van der Waals surface area contributed by atoms with Gasteiger partial charge in [-0.1, -0.05) is 60.7 Å². The van der Waals surface area contributed by atoms with Crippen LogP contribution in [0, 0.1) is 0 Å². The first-order valence-electron chi connectivity index (χ1n) is 7.00. The zero-order valence-electron chi connectivity index (χ0n) is 11.1. The summed E-state index contributed by atoms with van der Waals surface area (Å²) < 4.78 is 0. The van der Waals surface area contributed by atoms with Gasteiger partial charge in [0.25, 0.3) is 0 Å². The molecule has 0 saturated carbocycles. The van der Waals surface area contributed by atoms with Crippen LogP contribution >= 0.6 is 10.9 Å². The molecule has 0 amide bonds. The van der Waals surface area contributed by atoms with Crippen LogP contribution in [-0.4, -0.2) is 11.5 Å². The predicted molar refractivity (Wildman–Crippen MR) is 87.9 cm³/mol. The van der Waals surface area contributed by atoms with Crippen molar-refractivity contribution in [2.24, 2.45) is 0 Å². The van der Waals surface area contributed by atoms with Gasteiger partial charge in [0.05, 0.1) is 0 Å². The molecule has 0 spiro atoms. The molecule has 0 bridgehead atoms. The summed E-state index contributed by atoms with van der Waals surface area (Å²) in [5.74, 6) is 2.83. The van der Waals surface area contributed by atoms with Crippen LogP contribution in [0.15, 0.2) is 66.1 Å². The highest BCUT2D eigenvalue weighted by molar-refractivity contribution is 8.19. The van der Waals surface area contributed by atoms with E-state index in [2.05, 4.69) is 66.1 Å². The van der Waals surface area contributed by atoms with Gasteiger partial charge in [0.15, 0.2) is 0 Å². The largest absolute Gasteiger partial charge is 0.233 e. The Morgan fingerprint density at radius 2 is 1.21 bits per heavy atom. The predicted octanol–water partition coefficient (Wildman–Crippen LogP) is 4.87. The zero-order valence-corrected chi connectivity index (χ0v) is 12.0. The lowest BCUT2D eigenvalue weighted by Crippen LogP contribution is -1.89. The van der Waals surface area contributed by atoms with E-state index in [4.69, 9.17) is 0 Å². The molecule has 1 aliphatic rings. The second-order valence-corrected chi connectivity index (χ2v) is 7.35. The van der Waals surface area contributed by atoms with E-state index in [1.54, 1.807) is 0 Å². The SMILES string of the molecule is C(=C(c1ccccc1)c1ccccc1)[SH]1CCCC1. The average molecular weight is 268 g/mol. The normalized spacial score (nSPS) is 16.3. The molecule has 3 rings (SSSR count). The molecule has 0 nitrogen and oxygen atoms in total. The fourth-order valence-corrected chi connectivity index (χ4v) is 5.01. The Hall–Kier alpha value is -1.47. The Labute approximate surface area is 118 Å². The second kappa shape index (κ2) is 6.12. The molecule has 0 aliphatic carbocycles. The van der Waals surface area contributed by atoms with Gasteiger partial charge in [0.1, 0.15) is 0 Å². The fraction of sp³-hybridized carbons (Fsp3) is 0.222. The maximum absolute atomic E-state index is 2.56. The monoisotopic (exact) mass is 268 g/mol. The van der Waals surface area contributed by atoms with Gasteiger partial charge in [-0.2, -0.15) is 0 Å². The molecule has 2 aromatic carbocycles. The molecule has 98 valence electrons. The van der Waals surface area contributed by atoms with Gasteiger partial charge in [-0.25, -0.2) is 10.9 Å². The van der Waals surface area contributed by atoms with Crippen molar-refractivity contribution in [1.82, 2.24) is 0 Å². The van der Waals surface area contributed by atoms with Crippen LogP contribution in [-0.2, 0) is 0 Å². The molecule has 19 heavy (non-hydrogen) atoms. The third kappa shape index (κ3) is 3.10. The number of hydrogen-bond acceptors (Lipinski definition) is 0. The lowest BCUT2D eigenvalue weighted by Gasteiger charge is -2.14. The third-order valence-corrected chi connectivity index (χ3v) is 6.03. The van der Waals surface area contributed by atoms with Gasteiger partial charge >= 0.3 is 0 Å². The van der Waals surface area contributed by atoms with E-state index in [9.17, 15) is 0 Å². The molecule has 1 fully saturated rings. The Bertz CT molecular complexity index is 495. The van der Waals surface area contributed by atoms with Crippen LogP contribution in [0.3, 0.4) is 0 Å². The molecule has 1 aliphatic heterocycles. The molecule has 1 heteroatoms. The van der Waals surface area contributed by atoms with Crippen molar-refractivity contribution in [2.75, 3.05) is 11.5 Å². The van der Waals surface area contributed by atoms with Crippen LogP contribution in [0.25, 0.3) is 5.57 Å². The molecule has 0 atom stereocenters. The first kappa shape index (κ1) is 12.6. The molecule has 0 unspecified atom stereocenters. The molecule has 0 N–H and O–H groups in total. The number of benzene rings is 2. The Kier molecular flexibility index (Phi) is 4.04. The smallest absolute Gasteiger partial charge is 0.00655 e. The van der Waals surface area contributed by atoms with Crippen molar-refractivity contribution < 1.29 is 0 Å². The highest BCUT2D eigenvalue weighted by Crippen LogP contribution is 2.40. The van der Waals surface area contributed by atoms with E-state index in [0.29, 0.717) is 0 Å². The Morgan fingerprint density at radius 1 is 0.737 bits per heavy atom. The number of rotatable bonds is 3. The Morgan fingerprint density at radius 3 is 1.68 bits per heavy atom. The molecular weight excluding hydrogens is 248 g/mol. The van der Waals surface area contributed by atoms with Crippen LogP contribution in [0.5, 0.6) is 0 Å². The fourth-order valence-electron chi connectivity index (χ4n) is 2.60. The molecule has 2 aromatic rings. The van der Waals surface area contributed by atoms with Crippen molar-refractivity contribution in [3.63, 3.8) is 0 Å². The van der Waals surface area contributed by atoms with Gasteiger partial charge < -0.3 is 0 Å². The second-order valence-electron chi connectivity index (χ2n) is 5.02. The maximum Gasteiger partial charge on any atom is -0.00655 e. The van der Waals surface area contributed by atoms with Crippen molar-refractivity contribution in [2.45, 2.75) is 12.8 Å². The summed E-state index contributed by atoms with van der Waals surface area (Å²) in [4.78, 5) is 0. The van der Waals surface area contributed by atoms with Crippen molar-refractivity contribution >= 4 is 16.5 Å². The minimum atomic E-state index is 0.106. The highest BCUT2D eigenvalue weighted by Gasteiger charge is 2.11. The average Bonchev–Trinajstić information content (AvgIpc) is 3.00. The zero-order chi connectivity index (χ0) is 12.9. The van der Waals surface area contributed by atoms with E-state index in [1.165, 1.54) is 41.0 Å². The number of hydrogen-bond donors (Lipinski definition) is 1. The van der Waals surface area contributed by atoms with E-state index >= 15 is 0 Å². The van der Waals surface area contributed by atoms with Crippen LogP contribution in [0.1, 0.15) is 24.0 Å². The van der Waals surface area contributed by atoms with Gasteiger partial charge in [-0.3, -0.25) is 0 Å². The van der Waals surface area contributed by atoms with E-state index in [0.717, 1.165) is 0 Å². The minimum Gasteiger partial charge on any atom is -0.233 e. The van der Waals surface area contributed by atoms with Gasteiger partial charge in [0, 0.05) is 0 Å². The summed E-state index contributed by atoms with van der Waals surface area (Å²) in [6.07, 6.45) is 2.83. The summed E-state index contributed by atoms with van der Waals surface area (Å²) in [5.41, 5.74) is 4.13. The van der Waals surface area contributed by atoms with Crippen LogP contribution in [0.4, 0.5) is 0 Å².